The molecule has 3 aromatic heterocycles. The van der Waals surface area contributed by atoms with Crippen LogP contribution in [0.1, 0.15) is 74.9 Å². The Kier molecular flexibility index (Phi) is 13.2. The van der Waals surface area contributed by atoms with Gasteiger partial charge in [0, 0.05) is 72.4 Å². The van der Waals surface area contributed by atoms with Crippen molar-refractivity contribution in [2.45, 2.75) is 78.4 Å². The van der Waals surface area contributed by atoms with Crippen molar-refractivity contribution in [3.63, 3.8) is 0 Å². The Morgan fingerprint density at radius 3 is 2.38 bits per heavy atom. The van der Waals surface area contributed by atoms with Gasteiger partial charge >= 0.3 is 0 Å². The molecule has 2 aliphatic rings. The number of aromatic nitrogens is 4. The highest BCUT2D eigenvalue weighted by Gasteiger charge is 2.23. The van der Waals surface area contributed by atoms with Crippen LogP contribution in [0.3, 0.4) is 0 Å². The van der Waals surface area contributed by atoms with Gasteiger partial charge in [0.1, 0.15) is 11.6 Å². The molecule has 0 atom stereocenters. The number of aryl methyl sites for hydroxylation is 1. The van der Waals surface area contributed by atoms with Crippen LogP contribution in [0.4, 0.5) is 20.3 Å². The number of fused-ring (bicyclic) bond motifs is 2. The van der Waals surface area contributed by atoms with Gasteiger partial charge in [-0.2, -0.15) is 8.78 Å². The smallest absolute Gasteiger partial charge is 0.269 e. The monoisotopic (exact) mass is 766 g/mol. The number of aromatic amines is 2. The Balaban J connectivity index is 0.00000127. The van der Waals surface area contributed by atoms with Crippen LogP contribution >= 0.6 is 0 Å². The van der Waals surface area contributed by atoms with Crippen LogP contribution in [0.25, 0.3) is 39.4 Å². The number of benzene rings is 2. The molecular formula is C43H56F2N10O. The first-order valence-corrected chi connectivity index (χ1v) is 19.4. The molecule has 1 saturated carbocycles. The van der Waals surface area contributed by atoms with E-state index in [2.05, 4.69) is 80.6 Å². The van der Waals surface area contributed by atoms with Crippen molar-refractivity contribution in [3.8, 4) is 11.3 Å². The number of nitrogen functional groups attached to an aromatic ring is 1. The third-order valence-corrected chi connectivity index (χ3v) is 10.6. The van der Waals surface area contributed by atoms with Crippen LogP contribution in [0.15, 0.2) is 65.9 Å². The summed E-state index contributed by atoms with van der Waals surface area (Å²) >= 11 is 0. The number of anilines is 2. The first-order chi connectivity index (χ1) is 26.8. The summed E-state index contributed by atoms with van der Waals surface area (Å²) < 4.78 is 31.7. The molecule has 7 rings (SSSR count). The van der Waals surface area contributed by atoms with Crippen LogP contribution in [-0.4, -0.2) is 75.5 Å². The van der Waals surface area contributed by atoms with E-state index in [1.807, 2.05) is 32.1 Å². The van der Waals surface area contributed by atoms with Gasteiger partial charge in [-0.1, -0.05) is 12.1 Å². The fourth-order valence-corrected chi connectivity index (χ4v) is 7.87. The summed E-state index contributed by atoms with van der Waals surface area (Å²) in [6.45, 7) is 9.92. The Labute approximate surface area is 328 Å². The molecule has 1 saturated heterocycles. The lowest BCUT2D eigenvalue weighted by Gasteiger charge is -2.32. The number of nitrogens with zero attached hydrogens (tertiary/aromatic N) is 4. The lowest BCUT2D eigenvalue weighted by Crippen LogP contribution is -2.33. The molecule has 56 heavy (non-hydrogen) atoms. The van der Waals surface area contributed by atoms with Crippen molar-refractivity contribution in [1.82, 2.24) is 29.7 Å². The van der Waals surface area contributed by atoms with Crippen molar-refractivity contribution in [2.24, 2.45) is 11.7 Å². The van der Waals surface area contributed by atoms with Crippen LogP contribution < -0.4 is 16.8 Å². The number of amidine groups is 1. The van der Waals surface area contributed by atoms with Crippen LogP contribution in [0.5, 0.6) is 0 Å². The van der Waals surface area contributed by atoms with E-state index in [0.29, 0.717) is 48.0 Å². The average Bonchev–Trinajstić information content (AvgIpc) is 3.75. The number of H-pyrrole nitrogens is 2. The molecular weight excluding hydrogens is 711 g/mol. The normalized spacial score (nSPS) is 16.8. The molecule has 4 heterocycles. The van der Waals surface area contributed by atoms with E-state index in [4.69, 9.17) is 26.6 Å². The van der Waals surface area contributed by atoms with E-state index in [0.717, 1.165) is 96.9 Å². The zero-order valence-corrected chi connectivity index (χ0v) is 33.2. The predicted octanol–water partition coefficient (Wildman–Crippen LogP) is 8.80. The van der Waals surface area contributed by atoms with Crippen molar-refractivity contribution in [2.75, 3.05) is 44.9 Å². The molecule has 0 spiro atoms. The third kappa shape index (κ3) is 10.6. The van der Waals surface area contributed by atoms with E-state index in [1.54, 1.807) is 0 Å². The van der Waals surface area contributed by atoms with E-state index in [9.17, 15) is 8.78 Å². The van der Waals surface area contributed by atoms with Gasteiger partial charge in [-0.05, 0) is 144 Å². The van der Waals surface area contributed by atoms with Crippen LogP contribution in [-0.2, 0) is 17.8 Å². The van der Waals surface area contributed by atoms with Gasteiger partial charge < -0.3 is 36.4 Å². The molecule has 2 fully saturated rings. The number of nitrogens with one attached hydrogen (secondary N) is 4. The van der Waals surface area contributed by atoms with E-state index < -0.39 is 6.08 Å². The molecule has 0 radical (unpaired) electrons. The van der Waals surface area contributed by atoms with Gasteiger partial charge in [0.15, 0.2) is 5.65 Å². The number of imidazole rings is 1. The second-order valence-electron chi connectivity index (χ2n) is 15.5. The molecule has 5 aromatic rings. The second-order valence-corrected chi connectivity index (χ2v) is 15.5. The minimum absolute atomic E-state index is 0.167. The molecule has 2 aromatic carbocycles. The Bertz CT molecular complexity index is 2200. The summed E-state index contributed by atoms with van der Waals surface area (Å²) in [5.74, 6) is 2.35. The molecule has 298 valence electrons. The molecule has 13 heteroatoms. The first-order valence-electron chi connectivity index (χ1n) is 19.4. The van der Waals surface area contributed by atoms with Gasteiger partial charge in [0.2, 0.25) is 0 Å². The summed E-state index contributed by atoms with van der Waals surface area (Å²) in [6, 6.07) is 17.3. The minimum atomic E-state index is -1.50. The standard InChI is InChI=1S/C41H50F2N8O.C2H6N2/c1-25(17-31-18-29(5-11-35(31)44)24-51(4)33-9-7-30(8-10-33)40(42)43)45-38-21-34(39-41(49-38)47-26(2)46-39)37-20-32-19-28(6-12-36(32)48-37)23-50(3)22-27-13-15-52-16-14-27;1-2(3)4/h5-6,11-12,17-21,27,33,48H,7-10,13-16,22-24,44H2,1-4H3,(H2,45,46,47,49);1H3,(H3,3,4)/b25-17-;. The quantitative estimate of drug-likeness (QED) is 0.0442. The molecule has 1 aliphatic carbocycles. The molecule has 0 unspecified atom stereocenters. The highest BCUT2D eigenvalue weighted by atomic mass is 19.3. The van der Waals surface area contributed by atoms with Gasteiger partial charge in [-0.3, -0.25) is 10.3 Å². The minimum Gasteiger partial charge on any atom is -0.398 e. The van der Waals surface area contributed by atoms with Gasteiger partial charge in [-0.15, -0.1) is 0 Å². The number of hydrogen-bond acceptors (Lipinski definition) is 8. The maximum Gasteiger partial charge on any atom is 0.269 e. The maximum absolute atomic E-state index is 13.1. The number of rotatable bonds is 11. The fourth-order valence-electron chi connectivity index (χ4n) is 7.87. The van der Waals surface area contributed by atoms with E-state index in [-0.39, 0.29) is 11.9 Å². The number of pyridine rings is 1. The SMILES string of the molecule is C/C(=C/c1cc(CN(C)C2CCC(=C(F)F)CC2)ccc1N)Nc1cc(-c2cc3cc(CN(C)CC4CCOCC4)ccc3[nH]2)c2[nH]c(C)nc2n1.CC(=N)N. The van der Waals surface area contributed by atoms with Crippen molar-refractivity contribution in [1.29, 1.82) is 5.41 Å². The largest absolute Gasteiger partial charge is 0.398 e. The lowest BCUT2D eigenvalue weighted by atomic mass is 9.90. The summed E-state index contributed by atoms with van der Waals surface area (Å²) in [7, 11) is 4.28. The lowest BCUT2D eigenvalue weighted by molar-refractivity contribution is 0.0549. The highest BCUT2D eigenvalue weighted by molar-refractivity contribution is 5.95. The molecule has 8 N–H and O–H groups in total. The predicted molar refractivity (Wildman–Crippen MR) is 224 cm³/mol. The third-order valence-electron chi connectivity index (χ3n) is 10.6. The number of hydrogen-bond donors (Lipinski definition) is 6. The van der Waals surface area contributed by atoms with Crippen molar-refractivity contribution in [3.05, 3.63) is 88.4 Å². The number of nitrogens with two attached hydrogens (primary N) is 2. The number of allylic oxidation sites excluding steroid dienone is 2. The summed E-state index contributed by atoms with van der Waals surface area (Å²) in [5, 5.41) is 10.9. The fraction of sp³-hybridized carbons (Fsp3) is 0.419. The van der Waals surface area contributed by atoms with Crippen molar-refractivity contribution < 1.29 is 13.5 Å². The zero-order chi connectivity index (χ0) is 39.9. The summed E-state index contributed by atoms with van der Waals surface area (Å²) in [5.41, 5.74) is 20.9. The number of ether oxygens (including phenoxy) is 1. The van der Waals surface area contributed by atoms with E-state index in [1.165, 1.54) is 17.9 Å². The summed E-state index contributed by atoms with van der Waals surface area (Å²) in [4.78, 5) is 21.3. The maximum atomic E-state index is 13.1. The molecule has 1 aliphatic heterocycles. The Morgan fingerprint density at radius 2 is 1.66 bits per heavy atom. The van der Waals surface area contributed by atoms with Gasteiger partial charge in [0.05, 0.1) is 11.4 Å². The molecule has 0 bridgehead atoms. The average molecular weight is 767 g/mol. The molecule has 0 amide bonds. The second kappa shape index (κ2) is 18.2. The topological polar surface area (TPSA) is 161 Å². The van der Waals surface area contributed by atoms with Crippen LogP contribution in [0, 0.1) is 18.3 Å². The Morgan fingerprint density at radius 1 is 0.964 bits per heavy atom. The Hall–Kier alpha value is -5.11. The van der Waals surface area contributed by atoms with E-state index >= 15 is 0 Å². The van der Waals surface area contributed by atoms with Gasteiger partial charge in [0.25, 0.3) is 6.08 Å². The number of halogens is 2. The van der Waals surface area contributed by atoms with Crippen LogP contribution in [0.2, 0.25) is 0 Å². The highest BCUT2D eigenvalue weighted by Crippen LogP contribution is 2.33. The van der Waals surface area contributed by atoms with Gasteiger partial charge in [-0.25, -0.2) is 9.97 Å². The molecule has 11 nitrogen and oxygen atoms in total. The first kappa shape index (κ1) is 40.6. The zero-order valence-electron chi connectivity index (χ0n) is 33.2. The van der Waals surface area contributed by atoms with Crippen molar-refractivity contribution >= 4 is 45.5 Å². The summed E-state index contributed by atoms with van der Waals surface area (Å²) in [6.07, 6.45) is 5.23.